The molecule has 1 unspecified atom stereocenters. The van der Waals surface area contributed by atoms with Gasteiger partial charge < -0.3 is 14.8 Å². The number of carbonyl (C=O) groups is 1. The molecule has 36 heavy (non-hydrogen) atoms. The summed E-state index contributed by atoms with van der Waals surface area (Å²) in [4.78, 5) is 13.2. The number of hydrazone groups is 1. The molecule has 0 aromatic heterocycles. The number of alkyl halides is 2. The molecule has 9 heteroatoms. The number of hydrogen-bond acceptors (Lipinski definition) is 4. The van der Waals surface area contributed by atoms with Gasteiger partial charge in [-0.3, -0.25) is 0 Å². The van der Waals surface area contributed by atoms with Gasteiger partial charge in [-0.15, -0.1) is 0 Å². The predicted molar refractivity (Wildman–Crippen MR) is 134 cm³/mol. The second-order valence-electron chi connectivity index (χ2n) is 9.37. The molecule has 6 nitrogen and oxygen atoms in total. The first-order valence-corrected chi connectivity index (χ1v) is 11.8. The Balaban J connectivity index is 1.38. The molecular weight excluding hydrogens is 488 g/mol. The minimum atomic E-state index is -2.90. The van der Waals surface area contributed by atoms with Crippen LogP contribution in [0, 0.1) is 0 Å². The van der Waals surface area contributed by atoms with Crippen LogP contribution >= 0.6 is 11.6 Å². The second-order valence-corrected chi connectivity index (χ2v) is 9.80. The molecule has 1 N–H and O–H groups in total. The molecule has 0 radical (unpaired) electrons. The zero-order chi connectivity index (χ0) is 25.4. The maximum absolute atomic E-state index is 13.2. The summed E-state index contributed by atoms with van der Waals surface area (Å²) in [5.74, 6) is 0.614. The van der Waals surface area contributed by atoms with E-state index in [0.29, 0.717) is 16.4 Å². The first-order chi connectivity index (χ1) is 17.2. The van der Waals surface area contributed by atoms with Crippen LogP contribution < -0.4 is 14.8 Å². The highest BCUT2D eigenvalue weighted by atomic mass is 35.5. The monoisotopic (exact) mass is 511 g/mol. The van der Waals surface area contributed by atoms with Crippen LogP contribution in [0.2, 0.25) is 5.02 Å². The summed E-state index contributed by atoms with van der Waals surface area (Å²) in [6.45, 7) is 1.42. The molecule has 5 rings (SSSR count). The van der Waals surface area contributed by atoms with Crippen LogP contribution in [0.5, 0.6) is 11.5 Å². The Labute approximate surface area is 212 Å². The molecule has 0 fully saturated rings. The van der Waals surface area contributed by atoms with Gasteiger partial charge in [0.05, 0.1) is 12.3 Å². The topological polar surface area (TPSA) is 63.2 Å². The Morgan fingerprint density at radius 1 is 1.14 bits per heavy atom. The summed E-state index contributed by atoms with van der Waals surface area (Å²) in [5, 5.41) is 9.52. The lowest BCUT2D eigenvalue weighted by molar-refractivity contribution is -0.0498. The van der Waals surface area contributed by atoms with Gasteiger partial charge >= 0.3 is 12.6 Å². The van der Waals surface area contributed by atoms with Crippen molar-refractivity contribution in [2.24, 2.45) is 5.10 Å². The molecule has 0 saturated heterocycles. The predicted octanol–water partition coefficient (Wildman–Crippen LogP) is 6.69. The minimum absolute atomic E-state index is 0.0649. The van der Waals surface area contributed by atoms with Crippen molar-refractivity contribution in [3.8, 4) is 11.5 Å². The molecule has 0 bridgehead atoms. The molecule has 1 atom stereocenters. The molecule has 0 saturated carbocycles. The van der Waals surface area contributed by atoms with Gasteiger partial charge in [-0.25, -0.2) is 9.80 Å². The number of benzene rings is 3. The van der Waals surface area contributed by atoms with Crippen LogP contribution in [0.4, 0.5) is 19.3 Å². The zero-order valence-electron chi connectivity index (χ0n) is 19.7. The largest absolute Gasteiger partial charge is 0.487 e. The van der Waals surface area contributed by atoms with Crippen molar-refractivity contribution in [2.45, 2.75) is 38.4 Å². The van der Waals surface area contributed by atoms with Crippen molar-refractivity contribution in [2.75, 3.05) is 11.9 Å². The van der Waals surface area contributed by atoms with Crippen LogP contribution in [0.1, 0.15) is 36.5 Å². The molecule has 0 aliphatic carbocycles. The van der Waals surface area contributed by atoms with Crippen molar-refractivity contribution in [1.29, 1.82) is 0 Å². The Morgan fingerprint density at radius 3 is 2.56 bits per heavy atom. The number of amides is 2. The minimum Gasteiger partial charge on any atom is -0.487 e. The molecule has 0 spiro atoms. The van der Waals surface area contributed by atoms with Crippen molar-refractivity contribution in [1.82, 2.24) is 5.01 Å². The van der Waals surface area contributed by atoms with E-state index in [9.17, 15) is 13.6 Å². The van der Waals surface area contributed by atoms with E-state index in [1.807, 2.05) is 38.1 Å². The average molecular weight is 512 g/mol. The van der Waals surface area contributed by atoms with E-state index in [2.05, 4.69) is 15.2 Å². The number of nitrogens with zero attached hydrogens (tertiary/aromatic N) is 2. The van der Waals surface area contributed by atoms with Crippen molar-refractivity contribution in [3.63, 3.8) is 0 Å². The van der Waals surface area contributed by atoms with Gasteiger partial charge in [0, 0.05) is 28.6 Å². The molecule has 186 valence electrons. The summed E-state index contributed by atoms with van der Waals surface area (Å²) in [7, 11) is 0. The van der Waals surface area contributed by atoms with Gasteiger partial charge in [0.1, 0.15) is 17.1 Å². The van der Waals surface area contributed by atoms with Crippen molar-refractivity contribution in [3.05, 3.63) is 88.4 Å². The molecular formula is C27H24ClF2N3O3. The highest BCUT2D eigenvalue weighted by molar-refractivity contribution is 6.30. The third-order valence-corrected chi connectivity index (χ3v) is 6.36. The summed E-state index contributed by atoms with van der Waals surface area (Å²) >= 11 is 6.06. The molecule has 2 aliphatic heterocycles. The van der Waals surface area contributed by atoms with Gasteiger partial charge in [-0.2, -0.15) is 13.9 Å². The molecule has 3 aromatic carbocycles. The van der Waals surface area contributed by atoms with Crippen molar-refractivity contribution >= 4 is 29.0 Å². The molecule has 2 heterocycles. The lowest BCUT2D eigenvalue weighted by Crippen LogP contribution is -2.30. The molecule has 2 amide bonds. The van der Waals surface area contributed by atoms with Crippen LogP contribution in [-0.4, -0.2) is 35.5 Å². The van der Waals surface area contributed by atoms with Gasteiger partial charge in [-0.1, -0.05) is 35.9 Å². The van der Waals surface area contributed by atoms with Crippen LogP contribution in [0.15, 0.2) is 71.8 Å². The fourth-order valence-electron chi connectivity index (χ4n) is 4.53. The summed E-state index contributed by atoms with van der Waals surface area (Å²) in [5.41, 5.74) is 3.71. The smallest absolute Gasteiger partial charge is 0.387 e. The van der Waals surface area contributed by atoms with Gasteiger partial charge in [0.15, 0.2) is 0 Å². The Kier molecular flexibility index (Phi) is 6.30. The third-order valence-electron chi connectivity index (χ3n) is 6.11. The third kappa shape index (κ3) is 5.14. The Bertz CT molecular complexity index is 1310. The number of carbonyl (C=O) groups excluding carboxylic acids is 1. The molecule has 2 aliphatic rings. The Morgan fingerprint density at radius 2 is 1.86 bits per heavy atom. The summed E-state index contributed by atoms with van der Waals surface area (Å²) in [6, 6.07) is 18.8. The highest BCUT2D eigenvalue weighted by Crippen LogP contribution is 2.37. The fraction of sp³-hybridized carbons (Fsp3) is 0.259. The Hall–Kier alpha value is -3.65. The van der Waals surface area contributed by atoms with E-state index in [0.717, 1.165) is 28.9 Å². The number of anilines is 1. The van der Waals surface area contributed by atoms with Crippen LogP contribution in [-0.2, 0) is 6.42 Å². The zero-order valence-corrected chi connectivity index (χ0v) is 20.4. The first-order valence-electron chi connectivity index (χ1n) is 11.5. The SMILES string of the molecule is CC1(C)Cc2cc(NC(=O)N3CC(c4ccc(OC(F)F)cc4)C(c4ccc(Cl)cc4)=N3)ccc2O1. The number of ether oxygens (including phenoxy) is 2. The number of hydrogen-bond donors (Lipinski definition) is 1. The van der Waals surface area contributed by atoms with E-state index in [1.165, 1.54) is 17.1 Å². The number of urea groups is 1. The van der Waals surface area contributed by atoms with Crippen molar-refractivity contribution < 1.29 is 23.0 Å². The summed E-state index contributed by atoms with van der Waals surface area (Å²) in [6.07, 6.45) is 0.752. The van der Waals surface area contributed by atoms with Gasteiger partial charge in [0.25, 0.3) is 0 Å². The summed E-state index contributed by atoms with van der Waals surface area (Å²) < 4.78 is 35.5. The van der Waals surface area contributed by atoms with Gasteiger partial charge in [0.2, 0.25) is 0 Å². The van der Waals surface area contributed by atoms with E-state index in [-0.39, 0.29) is 29.8 Å². The van der Waals surface area contributed by atoms with Gasteiger partial charge in [-0.05, 0) is 67.4 Å². The van der Waals surface area contributed by atoms with E-state index in [4.69, 9.17) is 16.3 Å². The second kappa shape index (κ2) is 9.43. The number of fused-ring (bicyclic) bond motifs is 1. The normalized spacial score (nSPS) is 18.0. The highest BCUT2D eigenvalue weighted by Gasteiger charge is 2.33. The van der Waals surface area contributed by atoms with E-state index >= 15 is 0 Å². The standard InChI is InChI=1S/C27H24ClF2N3O3/c1-27(2)14-18-13-20(9-12-23(18)36-27)31-26(34)33-15-22(16-5-10-21(11-6-16)35-25(29)30)24(32-33)17-3-7-19(28)8-4-17/h3-13,22,25H,14-15H2,1-2H3,(H,31,34). The number of nitrogens with one attached hydrogen (secondary N) is 1. The van der Waals surface area contributed by atoms with E-state index < -0.39 is 6.61 Å². The van der Waals surface area contributed by atoms with E-state index in [1.54, 1.807) is 30.3 Å². The molecule has 3 aromatic rings. The average Bonchev–Trinajstić information content (AvgIpc) is 3.39. The van der Waals surface area contributed by atoms with Crippen LogP contribution in [0.25, 0.3) is 0 Å². The lowest BCUT2D eigenvalue weighted by atomic mass is 9.90. The fourth-order valence-corrected chi connectivity index (χ4v) is 4.65. The maximum Gasteiger partial charge on any atom is 0.387 e. The lowest BCUT2D eigenvalue weighted by Gasteiger charge is -2.17. The number of rotatable bonds is 5. The number of halogens is 3. The first kappa shape index (κ1) is 24.1. The quantitative estimate of drug-likeness (QED) is 0.415. The van der Waals surface area contributed by atoms with Crippen LogP contribution in [0.3, 0.4) is 0 Å². The maximum atomic E-state index is 13.2.